The number of carbonyl (C=O) groups excluding carboxylic acids is 2. The van der Waals surface area contributed by atoms with Crippen LogP contribution in [0.1, 0.15) is 74.9 Å². The molecular formula is C36H40O5. The van der Waals surface area contributed by atoms with Crippen LogP contribution in [0, 0.1) is 17.8 Å². The number of ketones is 2. The summed E-state index contributed by atoms with van der Waals surface area (Å²) in [4.78, 5) is 28.9. The lowest BCUT2D eigenvalue weighted by molar-refractivity contribution is -0.123. The first kappa shape index (κ1) is 28.7. The highest BCUT2D eigenvalue weighted by Gasteiger charge is 2.44. The number of ether oxygens (including phenoxy) is 3. The molecule has 0 saturated heterocycles. The molecule has 3 aromatic rings. The van der Waals surface area contributed by atoms with Gasteiger partial charge in [-0.15, -0.1) is 0 Å². The van der Waals surface area contributed by atoms with Gasteiger partial charge < -0.3 is 14.2 Å². The third-order valence-corrected chi connectivity index (χ3v) is 8.68. The molecule has 0 radical (unpaired) electrons. The van der Waals surface area contributed by atoms with Gasteiger partial charge in [-0.1, -0.05) is 82.6 Å². The van der Waals surface area contributed by atoms with Crippen molar-refractivity contribution < 1.29 is 23.8 Å². The van der Waals surface area contributed by atoms with Gasteiger partial charge in [0.15, 0.2) is 23.1 Å². The molecule has 1 heterocycles. The number of benzene rings is 3. The topological polar surface area (TPSA) is 61.8 Å². The van der Waals surface area contributed by atoms with Gasteiger partial charge in [-0.25, -0.2) is 0 Å². The molecule has 0 amide bonds. The van der Waals surface area contributed by atoms with E-state index in [4.69, 9.17) is 14.2 Å². The van der Waals surface area contributed by atoms with Crippen molar-refractivity contribution in [3.63, 3.8) is 0 Å². The van der Waals surface area contributed by atoms with Crippen LogP contribution in [-0.4, -0.2) is 25.0 Å². The summed E-state index contributed by atoms with van der Waals surface area (Å²) in [5, 5.41) is 0. The zero-order chi connectivity index (χ0) is 29.0. The monoisotopic (exact) mass is 552 g/mol. The van der Waals surface area contributed by atoms with Gasteiger partial charge in [-0.2, -0.15) is 0 Å². The Bertz CT molecular complexity index is 1420. The van der Waals surface area contributed by atoms with Gasteiger partial charge >= 0.3 is 0 Å². The zero-order valence-corrected chi connectivity index (χ0v) is 24.5. The van der Waals surface area contributed by atoms with Crippen molar-refractivity contribution >= 4 is 17.6 Å². The molecule has 3 unspecified atom stereocenters. The average Bonchev–Trinajstić information content (AvgIpc) is 3.46. The van der Waals surface area contributed by atoms with Crippen molar-refractivity contribution in [1.29, 1.82) is 0 Å². The molecule has 1 aliphatic carbocycles. The fraction of sp³-hybridized carbons (Fsp3) is 0.389. The van der Waals surface area contributed by atoms with E-state index in [9.17, 15) is 9.59 Å². The minimum atomic E-state index is -0.288. The van der Waals surface area contributed by atoms with E-state index >= 15 is 0 Å². The number of hydrogen-bond acceptors (Lipinski definition) is 5. The van der Waals surface area contributed by atoms with E-state index in [1.54, 1.807) is 18.2 Å². The van der Waals surface area contributed by atoms with E-state index < -0.39 is 0 Å². The summed E-state index contributed by atoms with van der Waals surface area (Å²) in [6.45, 7) is 9.45. The van der Waals surface area contributed by atoms with Gasteiger partial charge in [0.1, 0.15) is 5.75 Å². The summed E-state index contributed by atoms with van der Waals surface area (Å²) in [5.41, 5.74) is 2.35. The van der Waals surface area contributed by atoms with Crippen LogP contribution in [0.3, 0.4) is 0 Å². The van der Waals surface area contributed by atoms with Crippen molar-refractivity contribution in [3.05, 3.63) is 95.1 Å². The largest absolute Gasteiger partial charge is 0.494 e. The molecule has 0 aromatic heterocycles. The van der Waals surface area contributed by atoms with E-state index in [1.165, 1.54) is 5.56 Å². The van der Waals surface area contributed by atoms with E-state index in [0.717, 1.165) is 31.2 Å². The van der Waals surface area contributed by atoms with E-state index in [1.807, 2.05) is 43.3 Å². The number of carbonyl (C=O) groups is 2. The minimum absolute atomic E-state index is 0.0897. The molecule has 1 saturated carbocycles. The van der Waals surface area contributed by atoms with Gasteiger partial charge in [0, 0.05) is 11.5 Å². The molecule has 3 atom stereocenters. The Morgan fingerprint density at radius 3 is 2.51 bits per heavy atom. The molecule has 0 N–H and O–H groups in total. The van der Waals surface area contributed by atoms with Crippen molar-refractivity contribution in [1.82, 2.24) is 0 Å². The Labute approximate surface area is 243 Å². The molecule has 1 fully saturated rings. The maximum Gasteiger partial charge on any atom is 0.231 e. The van der Waals surface area contributed by atoms with Crippen LogP contribution in [0.25, 0.3) is 6.08 Å². The van der Waals surface area contributed by atoms with Gasteiger partial charge in [-0.3, -0.25) is 9.59 Å². The van der Waals surface area contributed by atoms with E-state index in [-0.39, 0.29) is 41.2 Å². The summed E-state index contributed by atoms with van der Waals surface area (Å²) in [5.74, 6) is 1.74. The third-order valence-electron chi connectivity index (χ3n) is 8.68. The predicted octanol–water partition coefficient (Wildman–Crippen LogP) is 8.07. The first-order chi connectivity index (χ1) is 19.8. The van der Waals surface area contributed by atoms with Crippen LogP contribution in [0.4, 0.5) is 0 Å². The van der Waals surface area contributed by atoms with Gasteiger partial charge in [0.25, 0.3) is 0 Å². The van der Waals surface area contributed by atoms with Gasteiger partial charge in [0.2, 0.25) is 6.79 Å². The number of Topliss-reactive ketones (excluding diaryl/α,β-unsaturated/α-hetero) is 2. The first-order valence-electron chi connectivity index (χ1n) is 14.8. The van der Waals surface area contributed by atoms with Crippen LogP contribution in [0.15, 0.2) is 78.4 Å². The van der Waals surface area contributed by atoms with E-state index in [0.29, 0.717) is 35.3 Å². The second-order valence-electron chi connectivity index (χ2n) is 12.0. The summed E-state index contributed by atoms with van der Waals surface area (Å²) in [6, 6.07) is 23.1. The van der Waals surface area contributed by atoms with Crippen LogP contribution in [0.5, 0.6) is 17.2 Å². The molecule has 1 aliphatic heterocycles. The molecule has 214 valence electrons. The standard InChI is InChI=1S/C36H40O5/c1-5-18-39-28-13-9-10-26(22-28)34(37)30(20-25-15-17-32-33(21-25)41-23-40-32)35(38)29-19-24(2)14-16-31(29)36(3,4)27-11-7-6-8-12-27/h6-13,15,17,20-22,24,29,31H,5,14,16,18-19,23H2,1-4H3/b30-20+. The quantitative estimate of drug-likeness (QED) is 0.110. The van der Waals surface area contributed by atoms with E-state index in [2.05, 4.69) is 45.0 Å². The molecule has 2 aliphatic rings. The molecule has 5 rings (SSSR count). The smallest absolute Gasteiger partial charge is 0.231 e. The molecule has 5 heteroatoms. The zero-order valence-electron chi connectivity index (χ0n) is 24.5. The number of rotatable bonds is 10. The highest BCUT2D eigenvalue weighted by molar-refractivity contribution is 6.29. The molecule has 0 spiro atoms. The lowest BCUT2D eigenvalue weighted by atomic mass is 9.59. The average molecular weight is 553 g/mol. The second kappa shape index (κ2) is 12.3. The molecular weight excluding hydrogens is 512 g/mol. The number of allylic oxidation sites excluding steroid dienone is 1. The summed E-state index contributed by atoms with van der Waals surface area (Å²) in [6.07, 6.45) is 5.36. The molecule has 41 heavy (non-hydrogen) atoms. The number of fused-ring (bicyclic) bond motifs is 1. The van der Waals surface area contributed by atoms with Crippen LogP contribution in [-0.2, 0) is 10.2 Å². The Morgan fingerprint density at radius 2 is 1.73 bits per heavy atom. The fourth-order valence-electron chi connectivity index (χ4n) is 6.34. The maximum absolute atomic E-state index is 14.7. The summed E-state index contributed by atoms with van der Waals surface area (Å²) in [7, 11) is 0. The molecule has 5 nitrogen and oxygen atoms in total. The van der Waals surface area contributed by atoms with Crippen molar-refractivity contribution in [2.45, 2.75) is 58.8 Å². The van der Waals surface area contributed by atoms with Crippen molar-refractivity contribution in [3.8, 4) is 17.2 Å². The number of hydrogen-bond donors (Lipinski definition) is 0. The normalized spacial score (nSPS) is 20.5. The first-order valence-corrected chi connectivity index (χ1v) is 14.8. The Morgan fingerprint density at radius 1 is 0.951 bits per heavy atom. The maximum atomic E-state index is 14.7. The highest BCUT2D eigenvalue weighted by atomic mass is 16.7. The summed E-state index contributed by atoms with van der Waals surface area (Å²) >= 11 is 0. The van der Waals surface area contributed by atoms with Gasteiger partial charge in [0.05, 0.1) is 12.2 Å². The van der Waals surface area contributed by atoms with Gasteiger partial charge in [-0.05, 0) is 78.0 Å². The SMILES string of the molecule is CCCOc1cccc(C(=O)/C(=C\c2ccc3c(c2)OCO3)C(=O)C2CC(C)CCC2C(C)(C)c2ccccc2)c1. The van der Waals surface area contributed by atoms with Crippen LogP contribution in [0.2, 0.25) is 0 Å². The lowest BCUT2D eigenvalue weighted by Crippen LogP contribution is -2.42. The van der Waals surface area contributed by atoms with Crippen LogP contribution < -0.4 is 14.2 Å². The highest BCUT2D eigenvalue weighted by Crippen LogP contribution is 2.47. The Hall–Kier alpha value is -3.86. The fourth-order valence-corrected chi connectivity index (χ4v) is 6.34. The summed E-state index contributed by atoms with van der Waals surface area (Å²) < 4.78 is 16.9. The second-order valence-corrected chi connectivity index (χ2v) is 12.0. The van der Waals surface area contributed by atoms with Crippen molar-refractivity contribution in [2.24, 2.45) is 17.8 Å². The van der Waals surface area contributed by atoms with Crippen LogP contribution >= 0.6 is 0 Å². The third kappa shape index (κ3) is 6.24. The minimum Gasteiger partial charge on any atom is -0.494 e. The lowest BCUT2D eigenvalue weighted by Gasteiger charge is -2.44. The Kier molecular flexibility index (Phi) is 8.63. The predicted molar refractivity (Wildman–Crippen MR) is 162 cm³/mol. The Balaban J connectivity index is 1.56. The molecule has 3 aromatic carbocycles. The van der Waals surface area contributed by atoms with Crippen molar-refractivity contribution in [2.75, 3.05) is 13.4 Å². The molecule has 0 bridgehead atoms.